The molecular weight excluding hydrogens is 296 g/mol. The second kappa shape index (κ2) is 5.73. The largest absolute Gasteiger partial charge is 0.391 e. The van der Waals surface area contributed by atoms with Crippen molar-refractivity contribution in [2.24, 2.45) is 0 Å². The molecule has 0 bridgehead atoms. The first kappa shape index (κ1) is 14.5. The Balaban J connectivity index is 1.72. The van der Waals surface area contributed by atoms with Gasteiger partial charge in [-0.1, -0.05) is 0 Å². The highest BCUT2D eigenvalue weighted by Gasteiger charge is 2.36. The molecule has 0 aliphatic carbocycles. The molecule has 0 saturated carbocycles. The second-order valence-electron chi connectivity index (χ2n) is 5.43. The van der Waals surface area contributed by atoms with Crippen molar-refractivity contribution in [2.75, 3.05) is 26.2 Å². The molecule has 1 N–H and O–H groups in total. The Kier molecular flexibility index (Phi) is 4.14. The molecule has 7 heteroatoms. The van der Waals surface area contributed by atoms with E-state index in [1.165, 1.54) is 24.2 Å². The lowest BCUT2D eigenvalue weighted by Gasteiger charge is -2.23. The summed E-state index contributed by atoms with van der Waals surface area (Å²) in [5.41, 5.74) is 0. The van der Waals surface area contributed by atoms with Crippen LogP contribution in [0.2, 0.25) is 0 Å². The monoisotopic (exact) mass is 316 g/mol. The van der Waals surface area contributed by atoms with Gasteiger partial charge in [0.15, 0.2) is 0 Å². The summed E-state index contributed by atoms with van der Waals surface area (Å²) in [6.45, 7) is 3.32. The van der Waals surface area contributed by atoms with Gasteiger partial charge in [-0.2, -0.15) is 4.31 Å². The summed E-state index contributed by atoms with van der Waals surface area (Å²) in [6, 6.07) is 3.67. The smallest absolute Gasteiger partial charge is 0.252 e. The Morgan fingerprint density at radius 3 is 2.65 bits per heavy atom. The summed E-state index contributed by atoms with van der Waals surface area (Å²) in [7, 11) is -3.38. The number of aliphatic hydroxyl groups is 1. The average molecular weight is 316 g/mol. The van der Waals surface area contributed by atoms with E-state index in [1.807, 2.05) is 0 Å². The predicted molar refractivity (Wildman–Crippen MR) is 78.2 cm³/mol. The zero-order valence-corrected chi connectivity index (χ0v) is 13.0. The summed E-state index contributed by atoms with van der Waals surface area (Å²) in [5.74, 6) is 0. The maximum Gasteiger partial charge on any atom is 0.252 e. The molecule has 2 aliphatic rings. The molecule has 2 saturated heterocycles. The zero-order valence-electron chi connectivity index (χ0n) is 11.4. The van der Waals surface area contributed by atoms with Crippen LogP contribution in [0.15, 0.2) is 16.3 Å². The maximum atomic E-state index is 12.6. The molecule has 3 heterocycles. The van der Waals surface area contributed by atoms with Crippen molar-refractivity contribution in [3.05, 3.63) is 17.0 Å². The number of thiophene rings is 1. The van der Waals surface area contributed by atoms with Crippen molar-refractivity contribution in [2.45, 2.75) is 36.1 Å². The molecule has 2 aliphatic heterocycles. The first-order chi connectivity index (χ1) is 9.61. The topological polar surface area (TPSA) is 60.9 Å². The Hall–Kier alpha value is -0.470. The lowest BCUT2D eigenvalue weighted by Crippen LogP contribution is -2.36. The fraction of sp³-hybridized carbons (Fsp3) is 0.692. The predicted octanol–water partition coefficient (Wildman–Crippen LogP) is 1.10. The van der Waals surface area contributed by atoms with Gasteiger partial charge in [0.2, 0.25) is 0 Å². The van der Waals surface area contributed by atoms with Crippen molar-refractivity contribution in [3.8, 4) is 0 Å². The standard InChI is InChI=1S/C13H20N2O3S2/c16-10-12-3-4-13(19-12)20(17,18)15-8-5-11(9-15)14-6-1-2-7-14/h3-4,11,16H,1-2,5-10H2. The third kappa shape index (κ3) is 2.65. The number of sulfonamides is 1. The minimum absolute atomic E-state index is 0.101. The van der Waals surface area contributed by atoms with Crippen LogP contribution in [0.5, 0.6) is 0 Å². The van der Waals surface area contributed by atoms with Gasteiger partial charge in [0.25, 0.3) is 10.0 Å². The van der Waals surface area contributed by atoms with Crippen molar-refractivity contribution < 1.29 is 13.5 Å². The van der Waals surface area contributed by atoms with Crippen molar-refractivity contribution in [3.63, 3.8) is 0 Å². The van der Waals surface area contributed by atoms with E-state index in [1.54, 1.807) is 16.4 Å². The van der Waals surface area contributed by atoms with Gasteiger partial charge < -0.3 is 5.11 Å². The van der Waals surface area contributed by atoms with E-state index in [2.05, 4.69) is 4.90 Å². The number of hydrogen-bond donors (Lipinski definition) is 1. The third-order valence-corrected chi connectivity index (χ3v) is 7.57. The van der Waals surface area contributed by atoms with Crippen LogP contribution in [0.25, 0.3) is 0 Å². The van der Waals surface area contributed by atoms with E-state index >= 15 is 0 Å². The summed E-state index contributed by atoms with van der Waals surface area (Å²) in [6.07, 6.45) is 3.39. The Bertz CT molecular complexity index is 564. The molecule has 1 aromatic rings. The molecule has 2 fully saturated rings. The summed E-state index contributed by atoms with van der Waals surface area (Å²) in [5, 5.41) is 9.06. The number of aliphatic hydroxyl groups excluding tert-OH is 1. The summed E-state index contributed by atoms with van der Waals surface area (Å²) >= 11 is 1.17. The molecule has 0 spiro atoms. The van der Waals surface area contributed by atoms with Crippen molar-refractivity contribution >= 4 is 21.4 Å². The van der Waals surface area contributed by atoms with E-state index in [-0.39, 0.29) is 6.61 Å². The minimum Gasteiger partial charge on any atom is -0.391 e. The van der Waals surface area contributed by atoms with Crippen LogP contribution in [0.3, 0.4) is 0 Å². The van der Waals surface area contributed by atoms with Gasteiger partial charge in [-0.3, -0.25) is 4.90 Å². The van der Waals surface area contributed by atoms with E-state index < -0.39 is 10.0 Å². The minimum atomic E-state index is -3.38. The van der Waals surface area contributed by atoms with Gasteiger partial charge in [0.05, 0.1) is 6.61 Å². The van der Waals surface area contributed by atoms with Gasteiger partial charge in [-0.25, -0.2) is 8.42 Å². The fourth-order valence-corrected chi connectivity index (χ4v) is 5.91. The highest BCUT2D eigenvalue weighted by Crippen LogP contribution is 2.29. The van der Waals surface area contributed by atoms with Crippen molar-refractivity contribution in [1.82, 2.24) is 9.21 Å². The number of likely N-dealkylation sites (tertiary alicyclic amines) is 1. The highest BCUT2D eigenvalue weighted by molar-refractivity contribution is 7.91. The molecule has 20 heavy (non-hydrogen) atoms. The molecule has 5 nitrogen and oxygen atoms in total. The number of nitrogens with zero attached hydrogens (tertiary/aromatic N) is 2. The molecule has 1 atom stereocenters. The van der Waals surface area contributed by atoms with Gasteiger partial charge in [-0.05, 0) is 44.5 Å². The Morgan fingerprint density at radius 2 is 2.00 bits per heavy atom. The normalized spacial score (nSPS) is 25.6. The molecule has 3 rings (SSSR count). The first-order valence-electron chi connectivity index (χ1n) is 7.05. The van der Waals surface area contributed by atoms with Gasteiger partial charge in [0.1, 0.15) is 4.21 Å². The van der Waals surface area contributed by atoms with Crippen LogP contribution in [0.1, 0.15) is 24.1 Å². The molecular formula is C13H20N2O3S2. The van der Waals surface area contributed by atoms with E-state index in [4.69, 9.17) is 5.11 Å². The van der Waals surface area contributed by atoms with Gasteiger partial charge in [0, 0.05) is 24.0 Å². The summed E-state index contributed by atoms with van der Waals surface area (Å²) < 4.78 is 27.1. The molecule has 0 aromatic carbocycles. The SMILES string of the molecule is O=S(=O)(c1ccc(CO)s1)N1CCC(N2CCCC2)C1. The molecule has 1 unspecified atom stereocenters. The highest BCUT2D eigenvalue weighted by atomic mass is 32.2. The number of hydrogen-bond acceptors (Lipinski definition) is 5. The zero-order chi connectivity index (χ0) is 14.2. The Labute approximate surface area is 123 Å². The summed E-state index contributed by atoms with van der Waals surface area (Å²) in [4.78, 5) is 3.11. The fourth-order valence-electron chi connectivity index (χ4n) is 3.04. The second-order valence-corrected chi connectivity index (χ2v) is 8.76. The lowest BCUT2D eigenvalue weighted by atomic mass is 10.2. The van der Waals surface area contributed by atoms with Gasteiger partial charge in [-0.15, -0.1) is 11.3 Å². The quantitative estimate of drug-likeness (QED) is 0.903. The first-order valence-corrected chi connectivity index (χ1v) is 9.30. The average Bonchev–Trinajstić information content (AvgIpc) is 3.18. The van der Waals surface area contributed by atoms with Crippen LogP contribution < -0.4 is 0 Å². The molecule has 112 valence electrons. The van der Waals surface area contributed by atoms with Crippen LogP contribution in [-0.2, 0) is 16.6 Å². The molecule has 0 radical (unpaired) electrons. The maximum absolute atomic E-state index is 12.6. The number of rotatable bonds is 4. The molecule has 0 amide bonds. The van der Waals surface area contributed by atoms with E-state index in [9.17, 15) is 8.42 Å². The van der Waals surface area contributed by atoms with Crippen LogP contribution in [0.4, 0.5) is 0 Å². The van der Waals surface area contributed by atoms with E-state index in [0.717, 1.165) is 19.5 Å². The van der Waals surface area contributed by atoms with Crippen LogP contribution >= 0.6 is 11.3 Å². The lowest BCUT2D eigenvalue weighted by molar-refractivity contribution is 0.251. The van der Waals surface area contributed by atoms with Crippen LogP contribution in [-0.4, -0.2) is 55.0 Å². The van der Waals surface area contributed by atoms with Gasteiger partial charge >= 0.3 is 0 Å². The van der Waals surface area contributed by atoms with Crippen molar-refractivity contribution in [1.29, 1.82) is 0 Å². The molecule has 1 aromatic heterocycles. The third-order valence-electron chi connectivity index (χ3n) is 4.17. The Morgan fingerprint density at radius 1 is 1.25 bits per heavy atom. The van der Waals surface area contributed by atoms with Crippen LogP contribution in [0, 0.1) is 0 Å². The van der Waals surface area contributed by atoms with E-state index in [0.29, 0.717) is 28.2 Å².